The first kappa shape index (κ1) is 15.0. The first-order chi connectivity index (χ1) is 9.76. The molecule has 4 nitrogen and oxygen atoms in total. The van der Waals surface area contributed by atoms with E-state index in [-0.39, 0.29) is 18.6 Å². The van der Waals surface area contributed by atoms with Gasteiger partial charge in [-0.25, -0.2) is 0 Å². The molecule has 2 rings (SSSR count). The third-order valence-electron chi connectivity index (χ3n) is 3.88. The molecule has 0 heterocycles. The van der Waals surface area contributed by atoms with Crippen molar-refractivity contribution in [3.63, 3.8) is 0 Å². The quantitative estimate of drug-likeness (QED) is 0.867. The number of amides is 1. The van der Waals surface area contributed by atoms with Crippen LogP contribution in [0.2, 0.25) is 0 Å². The number of methoxy groups -OCH3 is 1. The molecular formula is C16H23NO3. The number of hydrogen-bond acceptors (Lipinski definition) is 3. The predicted molar refractivity (Wildman–Crippen MR) is 77.5 cm³/mol. The van der Waals surface area contributed by atoms with Gasteiger partial charge in [0.25, 0.3) is 5.91 Å². The summed E-state index contributed by atoms with van der Waals surface area (Å²) in [6.45, 7) is 0.991. The highest BCUT2D eigenvalue weighted by molar-refractivity contribution is 5.94. The third-order valence-corrected chi connectivity index (χ3v) is 3.88. The normalized spacial score (nSPS) is 15.5. The Kier molecular flexibility index (Phi) is 5.56. The van der Waals surface area contributed by atoms with Gasteiger partial charge in [0.2, 0.25) is 0 Å². The van der Waals surface area contributed by atoms with Crippen LogP contribution in [-0.2, 0) is 11.3 Å². The van der Waals surface area contributed by atoms with Gasteiger partial charge in [0.05, 0.1) is 13.2 Å². The van der Waals surface area contributed by atoms with E-state index >= 15 is 0 Å². The van der Waals surface area contributed by atoms with Gasteiger partial charge in [0.15, 0.2) is 0 Å². The average molecular weight is 277 g/mol. The van der Waals surface area contributed by atoms with Crippen LogP contribution in [0.25, 0.3) is 0 Å². The SMILES string of the molecule is COCc1ccc(C(=O)N(CCO)C2CCCC2)cc1. The molecule has 1 aliphatic carbocycles. The molecule has 0 bridgehead atoms. The summed E-state index contributed by atoms with van der Waals surface area (Å²) in [5, 5.41) is 9.20. The molecule has 1 fully saturated rings. The van der Waals surface area contributed by atoms with E-state index in [9.17, 15) is 9.90 Å². The Morgan fingerprint density at radius 1 is 1.30 bits per heavy atom. The summed E-state index contributed by atoms with van der Waals surface area (Å²) in [6, 6.07) is 7.81. The van der Waals surface area contributed by atoms with Gasteiger partial charge in [-0.2, -0.15) is 0 Å². The zero-order valence-electron chi connectivity index (χ0n) is 12.0. The van der Waals surface area contributed by atoms with E-state index in [1.807, 2.05) is 29.2 Å². The summed E-state index contributed by atoms with van der Waals surface area (Å²) in [5.41, 5.74) is 1.74. The van der Waals surface area contributed by atoms with Crippen molar-refractivity contribution in [2.45, 2.75) is 38.3 Å². The van der Waals surface area contributed by atoms with Crippen molar-refractivity contribution >= 4 is 5.91 Å². The lowest BCUT2D eigenvalue weighted by atomic mass is 10.1. The van der Waals surface area contributed by atoms with Crippen LogP contribution in [0, 0.1) is 0 Å². The van der Waals surface area contributed by atoms with Gasteiger partial charge in [0.1, 0.15) is 0 Å². The Balaban J connectivity index is 2.09. The summed E-state index contributed by atoms with van der Waals surface area (Å²) < 4.78 is 5.07. The Hall–Kier alpha value is -1.39. The lowest BCUT2D eigenvalue weighted by Gasteiger charge is -2.28. The lowest BCUT2D eigenvalue weighted by Crippen LogP contribution is -2.40. The zero-order valence-corrected chi connectivity index (χ0v) is 12.0. The molecule has 20 heavy (non-hydrogen) atoms. The second-order valence-corrected chi connectivity index (χ2v) is 5.29. The van der Waals surface area contributed by atoms with Crippen LogP contribution in [-0.4, -0.2) is 42.2 Å². The summed E-state index contributed by atoms with van der Waals surface area (Å²) in [5.74, 6) is 0.0231. The van der Waals surface area contributed by atoms with Crippen molar-refractivity contribution < 1.29 is 14.6 Å². The van der Waals surface area contributed by atoms with Crippen molar-refractivity contribution in [2.75, 3.05) is 20.3 Å². The van der Waals surface area contributed by atoms with Crippen molar-refractivity contribution in [3.05, 3.63) is 35.4 Å². The molecule has 1 saturated carbocycles. The van der Waals surface area contributed by atoms with Gasteiger partial charge in [-0.05, 0) is 30.5 Å². The monoisotopic (exact) mass is 277 g/mol. The van der Waals surface area contributed by atoms with Crippen LogP contribution in [0.15, 0.2) is 24.3 Å². The highest BCUT2D eigenvalue weighted by Crippen LogP contribution is 2.24. The number of benzene rings is 1. The number of carbonyl (C=O) groups excluding carboxylic acids is 1. The average Bonchev–Trinajstić information content (AvgIpc) is 2.99. The minimum Gasteiger partial charge on any atom is -0.395 e. The second-order valence-electron chi connectivity index (χ2n) is 5.29. The number of rotatable bonds is 6. The topological polar surface area (TPSA) is 49.8 Å². The third kappa shape index (κ3) is 3.58. The first-order valence-electron chi connectivity index (χ1n) is 7.26. The molecule has 1 aromatic carbocycles. The number of ether oxygens (including phenoxy) is 1. The fourth-order valence-electron chi connectivity index (χ4n) is 2.85. The van der Waals surface area contributed by atoms with Crippen molar-refractivity contribution in [2.24, 2.45) is 0 Å². The molecule has 0 aliphatic heterocycles. The highest BCUT2D eigenvalue weighted by Gasteiger charge is 2.26. The van der Waals surface area contributed by atoms with Crippen LogP contribution < -0.4 is 0 Å². The molecule has 0 radical (unpaired) electrons. The summed E-state index contributed by atoms with van der Waals surface area (Å²) in [7, 11) is 1.65. The largest absolute Gasteiger partial charge is 0.395 e. The summed E-state index contributed by atoms with van der Waals surface area (Å²) in [6.07, 6.45) is 4.44. The van der Waals surface area contributed by atoms with Crippen LogP contribution >= 0.6 is 0 Å². The summed E-state index contributed by atoms with van der Waals surface area (Å²) in [4.78, 5) is 14.4. The van der Waals surface area contributed by atoms with Crippen molar-refractivity contribution in [1.29, 1.82) is 0 Å². The molecular weight excluding hydrogens is 254 g/mol. The number of aliphatic hydroxyl groups is 1. The first-order valence-corrected chi connectivity index (χ1v) is 7.26. The van der Waals surface area contributed by atoms with Crippen LogP contribution in [0.5, 0.6) is 0 Å². The van der Waals surface area contributed by atoms with E-state index in [2.05, 4.69) is 0 Å². The maximum Gasteiger partial charge on any atom is 0.254 e. The fourth-order valence-corrected chi connectivity index (χ4v) is 2.85. The molecule has 4 heteroatoms. The zero-order chi connectivity index (χ0) is 14.4. The minimum absolute atomic E-state index is 0.0179. The van der Waals surface area contributed by atoms with Crippen molar-refractivity contribution in [1.82, 2.24) is 4.90 Å². The van der Waals surface area contributed by atoms with E-state index in [1.54, 1.807) is 7.11 Å². The molecule has 0 unspecified atom stereocenters. The number of hydrogen-bond donors (Lipinski definition) is 1. The molecule has 1 amide bonds. The van der Waals surface area contributed by atoms with E-state index in [0.29, 0.717) is 18.7 Å². The molecule has 1 aliphatic rings. The predicted octanol–water partition coefficient (Wildman–Crippen LogP) is 2.21. The van der Waals surface area contributed by atoms with Gasteiger partial charge >= 0.3 is 0 Å². The molecule has 0 aromatic heterocycles. The Morgan fingerprint density at radius 2 is 1.95 bits per heavy atom. The Morgan fingerprint density at radius 3 is 2.50 bits per heavy atom. The minimum atomic E-state index is 0.0179. The maximum absolute atomic E-state index is 12.6. The van der Waals surface area contributed by atoms with Gasteiger partial charge in [0, 0.05) is 25.3 Å². The standard InChI is InChI=1S/C16H23NO3/c1-20-12-13-6-8-14(9-7-13)16(19)17(10-11-18)15-4-2-3-5-15/h6-9,15,18H,2-5,10-12H2,1H3. The van der Waals surface area contributed by atoms with Gasteiger partial charge in [-0.15, -0.1) is 0 Å². The molecule has 0 saturated heterocycles. The van der Waals surface area contributed by atoms with E-state index in [1.165, 1.54) is 12.8 Å². The number of carbonyl (C=O) groups is 1. The Labute approximate surface area is 120 Å². The van der Waals surface area contributed by atoms with E-state index < -0.39 is 0 Å². The fraction of sp³-hybridized carbons (Fsp3) is 0.562. The Bertz CT molecular complexity index is 424. The van der Waals surface area contributed by atoms with Gasteiger partial charge in [-0.1, -0.05) is 25.0 Å². The lowest BCUT2D eigenvalue weighted by molar-refractivity contribution is 0.0638. The summed E-state index contributed by atoms with van der Waals surface area (Å²) >= 11 is 0. The molecule has 0 atom stereocenters. The molecule has 1 aromatic rings. The van der Waals surface area contributed by atoms with Gasteiger partial charge < -0.3 is 14.7 Å². The number of nitrogens with zero attached hydrogens (tertiary/aromatic N) is 1. The van der Waals surface area contributed by atoms with Crippen LogP contribution in [0.4, 0.5) is 0 Å². The molecule has 110 valence electrons. The van der Waals surface area contributed by atoms with Gasteiger partial charge in [-0.3, -0.25) is 4.79 Å². The van der Waals surface area contributed by atoms with E-state index in [4.69, 9.17) is 4.74 Å². The maximum atomic E-state index is 12.6. The highest BCUT2D eigenvalue weighted by atomic mass is 16.5. The van der Waals surface area contributed by atoms with Crippen LogP contribution in [0.3, 0.4) is 0 Å². The second kappa shape index (κ2) is 7.41. The smallest absolute Gasteiger partial charge is 0.254 e. The molecule has 0 spiro atoms. The molecule has 1 N–H and O–H groups in total. The van der Waals surface area contributed by atoms with E-state index in [0.717, 1.165) is 18.4 Å². The van der Waals surface area contributed by atoms with Crippen LogP contribution in [0.1, 0.15) is 41.6 Å². The number of aliphatic hydroxyl groups excluding tert-OH is 1. The van der Waals surface area contributed by atoms with Crippen molar-refractivity contribution in [3.8, 4) is 0 Å².